The van der Waals surface area contributed by atoms with Gasteiger partial charge in [0.05, 0.1) is 6.26 Å². The number of benzene rings is 1. The molecule has 1 aromatic carbocycles. The van der Waals surface area contributed by atoms with Crippen LogP contribution in [0.1, 0.15) is 22.8 Å². The summed E-state index contributed by atoms with van der Waals surface area (Å²) in [5.74, 6) is -0.436. The van der Waals surface area contributed by atoms with Crippen LogP contribution >= 0.6 is 0 Å². The van der Waals surface area contributed by atoms with Gasteiger partial charge in [0.2, 0.25) is 5.91 Å². The number of hydrogen-bond donors (Lipinski definition) is 2. The fraction of sp³-hybridized carbons (Fsp3) is 0.250. The highest BCUT2D eigenvalue weighted by molar-refractivity contribution is 5.97. The second-order valence-electron chi connectivity index (χ2n) is 4.02. The van der Waals surface area contributed by atoms with Crippen molar-refractivity contribution >= 4 is 16.9 Å². The van der Waals surface area contributed by atoms with Crippen LogP contribution in [0, 0.1) is 0 Å². The number of fused-ring (bicyclic) bond motifs is 1. The second-order valence-corrected chi connectivity index (χ2v) is 4.02. The van der Waals surface area contributed by atoms with Gasteiger partial charge in [-0.05, 0) is 37.1 Å². The van der Waals surface area contributed by atoms with E-state index < -0.39 is 5.91 Å². The number of nitrogens with two attached hydrogens (primary N) is 2. The highest BCUT2D eigenvalue weighted by Crippen LogP contribution is 2.23. The lowest BCUT2D eigenvalue weighted by Crippen LogP contribution is -2.18. The minimum absolute atomic E-state index is 0.0106. The zero-order chi connectivity index (χ0) is 11.7. The van der Waals surface area contributed by atoms with Crippen LogP contribution in [0.25, 0.3) is 11.0 Å². The van der Waals surface area contributed by atoms with E-state index in [1.54, 1.807) is 18.4 Å². The van der Waals surface area contributed by atoms with Crippen LogP contribution < -0.4 is 11.5 Å². The summed E-state index contributed by atoms with van der Waals surface area (Å²) in [5.41, 5.74) is 13.2. The standard InChI is InChI=1S/C12H14N2O2/c1-7(13)4-9-6-10(12(14)15)5-8-2-3-16-11(8)9/h2-3,5-7H,4,13H2,1H3,(H2,14,15). The second kappa shape index (κ2) is 3.98. The van der Waals surface area contributed by atoms with Crippen LogP contribution in [0.15, 0.2) is 28.9 Å². The third kappa shape index (κ3) is 1.92. The lowest BCUT2D eigenvalue weighted by Gasteiger charge is -2.07. The summed E-state index contributed by atoms with van der Waals surface area (Å²) in [5, 5.41) is 0.881. The third-order valence-corrected chi connectivity index (χ3v) is 2.45. The zero-order valence-corrected chi connectivity index (χ0v) is 9.07. The summed E-state index contributed by atoms with van der Waals surface area (Å²) in [7, 11) is 0. The van der Waals surface area contributed by atoms with Gasteiger partial charge in [0.25, 0.3) is 0 Å². The molecular weight excluding hydrogens is 204 g/mol. The molecule has 0 saturated heterocycles. The van der Waals surface area contributed by atoms with E-state index in [0.717, 1.165) is 16.5 Å². The van der Waals surface area contributed by atoms with E-state index in [1.807, 2.05) is 13.0 Å². The normalized spacial score (nSPS) is 12.9. The first-order chi connectivity index (χ1) is 7.58. The molecule has 2 aromatic rings. The SMILES string of the molecule is CC(N)Cc1cc(C(N)=O)cc2ccoc12. The Bertz CT molecular complexity index is 529. The number of furan rings is 1. The highest BCUT2D eigenvalue weighted by Gasteiger charge is 2.11. The Balaban J connectivity index is 2.59. The van der Waals surface area contributed by atoms with Crippen LogP contribution in [-0.2, 0) is 6.42 Å². The van der Waals surface area contributed by atoms with Crippen LogP contribution in [-0.4, -0.2) is 11.9 Å². The molecule has 4 heteroatoms. The van der Waals surface area contributed by atoms with Crippen molar-refractivity contribution in [1.29, 1.82) is 0 Å². The molecule has 1 heterocycles. The first-order valence-corrected chi connectivity index (χ1v) is 5.13. The molecule has 0 saturated carbocycles. The van der Waals surface area contributed by atoms with Gasteiger partial charge >= 0.3 is 0 Å². The van der Waals surface area contributed by atoms with Crippen molar-refractivity contribution in [3.05, 3.63) is 35.6 Å². The lowest BCUT2D eigenvalue weighted by atomic mass is 10.0. The molecule has 0 aliphatic carbocycles. The third-order valence-electron chi connectivity index (χ3n) is 2.45. The number of primary amides is 1. The van der Waals surface area contributed by atoms with Crippen LogP contribution in [0.2, 0.25) is 0 Å². The summed E-state index contributed by atoms with van der Waals surface area (Å²) >= 11 is 0. The Morgan fingerprint density at radius 2 is 2.25 bits per heavy atom. The summed E-state index contributed by atoms with van der Waals surface area (Å²) in [4.78, 5) is 11.2. The highest BCUT2D eigenvalue weighted by atomic mass is 16.3. The van der Waals surface area contributed by atoms with Gasteiger partial charge in [0, 0.05) is 17.0 Å². The zero-order valence-electron chi connectivity index (χ0n) is 9.07. The van der Waals surface area contributed by atoms with E-state index in [4.69, 9.17) is 15.9 Å². The van der Waals surface area contributed by atoms with Gasteiger partial charge in [0.15, 0.2) is 0 Å². The van der Waals surface area contributed by atoms with Crippen molar-refractivity contribution in [3.8, 4) is 0 Å². The number of hydrogen-bond acceptors (Lipinski definition) is 3. The van der Waals surface area contributed by atoms with Crippen molar-refractivity contribution in [3.63, 3.8) is 0 Å². The molecule has 1 unspecified atom stereocenters. The number of carbonyl (C=O) groups is 1. The van der Waals surface area contributed by atoms with Crippen molar-refractivity contribution in [2.75, 3.05) is 0 Å². The Labute approximate surface area is 93.2 Å². The summed E-state index contributed by atoms with van der Waals surface area (Å²) < 4.78 is 5.38. The Morgan fingerprint density at radius 3 is 2.88 bits per heavy atom. The molecule has 1 aromatic heterocycles. The smallest absolute Gasteiger partial charge is 0.248 e. The lowest BCUT2D eigenvalue weighted by molar-refractivity contribution is 0.100. The quantitative estimate of drug-likeness (QED) is 0.817. The number of carbonyl (C=O) groups excluding carboxylic acids is 1. The maximum atomic E-state index is 11.2. The van der Waals surface area contributed by atoms with Gasteiger partial charge in [-0.25, -0.2) is 0 Å². The topological polar surface area (TPSA) is 82.2 Å². The summed E-state index contributed by atoms with van der Waals surface area (Å²) in [6.45, 7) is 1.91. The average molecular weight is 218 g/mol. The molecule has 0 aliphatic rings. The molecule has 2 rings (SSSR count). The van der Waals surface area contributed by atoms with Gasteiger partial charge in [0.1, 0.15) is 5.58 Å². The minimum atomic E-state index is -0.436. The number of rotatable bonds is 3. The first kappa shape index (κ1) is 10.7. The Hall–Kier alpha value is -1.81. The Morgan fingerprint density at radius 1 is 1.50 bits per heavy atom. The molecule has 16 heavy (non-hydrogen) atoms. The van der Waals surface area contributed by atoms with E-state index in [1.165, 1.54) is 0 Å². The molecule has 84 valence electrons. The fourth-order valence-electron chi connectivity index (χ4n) is 1.80. The first-order valence-electron chi connectivity index (χ1n) is 5.13. The van der Waals surface area contributed by atoms with E-state index >= 15 is 0 Å². The van der Waals surface area contributed by atoms with Gasteiger partial charge in [-0.15, -0.1) is 0 Å². The van der Waals surface area contributed by atoms with E-state index in [0.29, 0.717) is 12.0 Å². The van der Waals surface area contributed by atoms with Crippen LogP contribution in [0.5, 0.6) is 0 Å². The number of amides is 1. The molecule has 1 atom stereocenters. The van der Waals surface area contributed by atoms with E-state index in [2.05, 4.69) is 0 Å². The fourth-order valence-corrected chi connectivity index (χ4v) is 1.80. The largest absolute Gasteiger partial charge is 0.464 e. The molecule has 0 radical (unpaired) electrons. The molecule has 0 aliphatic heterocycles. The minimum Gasteiger partial charge on any atom is -0.464 e. The van der Waals surface area contributed by atoms with Gasteiger partial charge < -0.3 is 15.9 Å². The van der Waals surface area contributed by atoms with Crippen LogP contribution in [0.4, 0.5) is 0 Å². The van der Waals surface area contributed by atoms with Crippen molar-refractivity contribution < 1.29 is 9.21 Å². The van der Waals surface area contributed by atoms with Crippen LogP contribution in [0.3, 0.4) is 0 Å². The van der Waals surface area contributed by atoms with Gasteiger partial charge in [-0.3, -0.25) is 4.79 Å². The molecule has 4 N–H and O–H groups in total. The van der Waals surface area contributed by atoms with Gasteiger partial charge in [-0.1, -0.05) is 0 Å². The predicted octanol–water partition coefficient (Wildman–Crippen LogP) is 1.42. The molecule has 4 nitrogen and oxygen atoms in total. The van der Waals surface area contributed by atoms with Crippen molar-refractivity contribution in [2.45, 2.75) is 19.4 Å². The van der Waals surface area contributed by atoms with E-state index in [9.17, 15) is 4.79 Å². The van der Waals surface area contributed by atoms with Crippen molar-refractivity contribution in [1.82, 2.24) is 0 Å². The van der Waals surface area contributed by atoms with Crippen molar-refractivity contribution in [2.24, 2.45) is 11.5 Å². The average Bonchev–Trinajstić information content (AvgIpc) is 2.64. The monoisotopic (exact) mass is 218 g/mol. The summed E-state index contributed by atoms with van der Waals surface area (Å²) in [6.07, 6.45) is 2.26. The Kier molecular flexibility index (Phi) is 2.66. The molecule has 1 amide bonds. The van der Waals surface area contributed by atoms with Gasteiger partial charge in [-0.2, -0.15) is 0 Å². The molecule has 0 spiro atoms. The predicted molar refractivity (Wildman–Crippen MR) is 62.1 cm³/mol. The maximum Gasteiger partial charge on any atom is 0.248 e. The maximum absolute atomic E-state index is 11.2. The van der Waals surface area contributed by atoms with E-state index in [-0.39, 0.29) is 6.04 Å². The molecule has 0 bridgehead atoms. The summed E-state index contributed by atoms with van der Waals surface area (Å²) in [6, 6.07) is 5.30. The molecular formula is C12H14N2O2. The molecule has 0 fully saturated rings.